The fourth-order valence-electron chi connectivity index (χ4n) is 1.30. The Labute approximate surface area is 96.3 Å². The van der Waals surface area contributed by atoms with Gasteiger partial charge in [0.2, 0.25) is 0 Å². The van der Waals surface area contributed by atoms with E-state index in [1.54, 1.807) is 0 Å². The van der Waals surface area contributed by atoms with Crippen molar-refractivity contribution >= 4 is 24.4 Å². The number of hydrogen-bond donors (Lipinski definition) is 1. The zero-order valence-electron chi connectivity index (χ0n) is 8.84. The lowest BCUT2D eigenvalue weighted by Crippen LogP contribution is -2.18. The van der Waals surface area contributed by atoms with Crippen LogP contribution in [0.5, 0.6) is 0 Å². The smallest absolute Gasteiger partial charge is 0.0820 e. The molecule has 0 aromatic heterocycles. The van der Waals surface area contributed by atoms with E-state index in [1.807, 2.05) is 17.8 Å². The molecule has 1 rings (SSSR count). The Balaban J connectivity index is 2.78. The summed E-state index contributed by atoms with van der Waals surface area (Å²) in [4.78, 5) is 2.22. The number of hydrogen-bond acceptors (Lipinski definition) is 3. The minimum atomic E-state index is 0.350. The van der Waals surface area contributed by atoms with Gasteiger partial charge in [-0.1, -0.05) is 30.3 Å². The summed E-state index contributed by atoms with van der Waals surface area (Å²) < 4.78 is 0.350. The van der Waals surface area contributed by atoms with Gasteiger partial charge in [-0.2, -0.15) is 12.6 Å². The van der Waals surface area contributed by atoms with Crippen LogP contribution in [0.3, 0.4) is 0 Å². The van der Waals surface area contributed by atoms with Gasteiger partial charge in [-0.3, -0.25) is 4.90 Å². The summed E-state index contributed by atoms with van der Waals surface area (Å²) in [5.74, 6) is 0. The van der Waals surface area contributed by atoms with Crippen molar-refractivity contribution in [2.24, 2.45) is 0 Å². The highest BCUT2D eigenvalue weighted by Crippen LogP contribution is 2.34. The molecular formula is C11H17NS2. The second-order valence-electron chi connectivity index (χ2n) is 3.46. The largest absolute Gasteiger partial charge is 0.294 e. The van der Waals surface area contributed by atoms with Crippen LogP contribution in [0.1, 0.15) is 17.9 Å². The van der Waals surface area contributed by atoms with Gasteiger partial charge in [-0.25, -0.2) is 0 Å². The van der Waals surface area contributed by atoms with Gasteiger partial charge in [0.25, 0.3) is 0 Å². The van der Waals surface area contributed by atoms with Crippen molar-refractivity contribution in [3.05, 3.63) is 35.9 Å². The summed E-state index contributed by atoms with van der Waals surface area (Å²) in [6, 6.07) is 10.5. The van der Waals surface area contributed by atoms with Gasteiger partial charge in [0.1, 0.15) is 0 Å². The topological polar surface area (TPSA) is 3.24 Å². The van der Waals surface area contributed by atoms with Crippen molar-refractivity contribution in [3.8, 4) is 0 Å². The fraction of sp³-hybridized carbons (Fsp3) is 0.455. The Hall–Kier alpha value is -0.120. The van der Waals surface area contributed by atoms with Gasteiger partial charge in [-0.15, -0.1) is 11.8 Å². The predicted octanol–water partition coefficient (Wildman–Crippen LogP) is 3.26. The van der Waals surface area contributed by atoms with Gasteiger partial charge >= 0.3 is 0 Å². The molecule has 14 heavy (non-hydrogen) atoms. The van der Waals surface area contributed by atoms with Gasteiger partial charge in [-0.05, 0) is 26.6 Å². The molecular weight excluding hydrogens is 210 g/mol. The molecule has 0 N–H and O–H groups in total. The second-order valence-corrected chi connectivity index (χ2v) is 6.01. The van der Waals surface area contributed by atoms with Crippen LogP contribution in [0.15, 0.2) is 30.3 Å². The maximum atomic E-state index is 4.42. The quantitative estimate of drug-likeness (QED) is 0.621. The third-order valence-electron chi connectivity index (χ3n) is 1.88. The van der Waals surface area contributed by atoms with Crippen LogP contribution in [0, 0.1) is 0 Å². The normalized spacial score (nSPS) is 15.5. The number of thioether (sulfide) groups is 1. The van der Waals surface area contributed by atoms with E-state index in [0.717, 1.165) is 0 Å². The first-order valence-electron chi connectivity index (χ1n) is 4.66. The molecule has 0 aliphatic heterocycles. The molecule has 0 heterocycles. The van der Waals surface area contributed by atoms with Crippen LogP contribution >= 0.6 is 24.4 Å². The Bertz CT molecular complexity index is 259. The minimum absolute atomic E-state index is 0.350. The van der Waals surface area contributed by atoms with Gasteiger partial charge < -0.3 is 0 Å². The van der Waals surface area contributed by atoms with E-state index in [-0.39, 0.29) is 0 Å². The molecule has 0 saturated carbocycles. The van der Waals surface area contributed by atoms with Crippen molar-refractivity contribution in [3.63, 3.8) is 0 Å². The van der Waals surface area contributed by atoms with Crippen molar-refractivity contribution in [1.29, 1.82) is 0 Å². The van der Waals surface area contributed by atoms with Crippen molar-refractivity contribution in [1.82, 2.24) is 4.90 Å². The molecule has 1 aromatic rings. The first kappa shape index (κ1) is 12.0. The molecule has 2 atom stereocenters. The SMILES string of the molecule is CC(S)SC(c1ccccc1)N(C)C. The van der Waals surface area contributed by atoms with Crippen LogP contribution in [-0.4, -0.2) is 23.6 Å². The average Bonchev–Trinajstić information content (AvgIpc) is 2.15. The summed E-state index contributed by atoms with van der Waals surface area (Å²) in [7, 11) is 4.20. The average molecular weight is 227 g/mol. The monoisotopic (exact) mass is 227 g/mol. The van der Waals surface area contributed by atoms with E-state index >= 15 is 0 Å². The molecule has 0 bridgehead atoms. The fourth-order valence-corrected chi connectivity index (χ4v) is 2.58. The molecule has 0 aliphatic rings. The van der Waals surface area contributed by atoms with E-state index in [4.69, 9.17) is 0 Å². The van der Waals surface area contributed by atoms with Gasteiger partial charge in [0, 0.05) is 4.58 Å². The lowest BCUT2D eigenvalue weighted by atomic mass is 10.2. The minimum Gasteiger partial charge on any atom is -0.294 e. The number of rotatable bonds is 4. The molecule has 0 amide bonds. The summed E-state index contributed by atoms with van der Waals surface area (Å²) in [5.41, 5.74) is 1.34. The Morgan fingerprint density at radius 2 is 1.79 bits per heavy atom. The third-order valence-corrected chi connectivity index (χ3v) is 3.59. The zero-order chi connectivity index (χ0) is 10.6. The molecule has 0 fully saturated rings. The van der Waals surface area contributed by atoms with E-state index in [9.17, 15) is 0 Å². The van der Waals surface area contributed by atoms with Crippen molar-refractivity contribution in [2.45, 2.75) is 16.9 Å². The predicted molar refractivity (Wildman–Crippen MR) is 68.9 cm³/mol. The van der Waals surface area contributed by atoms with E-state index < -0.39 is 0 Å². The molecule has 0 aliphatic carbocycles. The highest BCUT2D eigenvalue weighted by molar-refractivity contribution is 8.10. The summed E-state index contributed by atoms with van der Waals surface area (Å²) in [5, 5.41) is 0.392. The zero-order valence-corrected chi connectivity index (χ0v) is 10.6. The Morgan fingerprint density at radius 3 is 2.21 bits per heavy atom. The van der Waals surface area contributed by atoms with E-state index in [1.165, 1.54) is 5.56 Å². The first-order valence-corrected chi connectivity index (χ1v) is 6.12. The Morgan fingerprint density at radius 1 is 1.21 bits per heavy atom. The molecule has 3 heteroatoms. The maximum Gasteiger partial charge on any atom is 0.0820 e. The Kier molecular flexibility index (Phi) is 4.85. The van der Waals surface area contributed by atoms with Crippen molar-refractivity contribution < 1.29 is 0 Å². The van der Waals surface area contributed by atoms with E-state index in [0.29, 0.717) is 9.96 Å². The number of thiol groups is 1. The number of benzene rings is 1. The lowest BCUT2D eigenvalue weighted by molar-refractivity contribution is 0.391. The third kappa shape index (κ3) is 3.56. The molecule has 78 valence electrons. The summed E-state index contributed by atoms with van der Waals surface area (Å²) >= 11 is 6.27. The van der Waals surface area contributed by atoms with Crippen LogP contribution in [-0.2, 0) is 0 Å². The summed E-state index contributed by atoms with van der Waals surface area (Å²) in [6.45, 7) is 2.10. The van der Waals surface area contributed by atoms with E-state index in [2.05, 4.69) is 62.8 Å². The van der Waals surface area contributed by atoms with Crippen LogP contribution in [0.2, 0.25) is 0 Å². The summed E-state index contributed by atoms with van der Waals surface area (Å²) in [6.07, 6.45) is 0. The molecule has 1 aromatic carbocycles. The van der Waals surface area contributed by atoms with Crippen LogP contribution in [0.4, 0.5) is 0 Å². The number of nitrogens with zero attached hydrogens (tertiary/aromatic N) is 1. The standard InChI is InChI=1S/C11H17NS2/c1-9(13)14-11(12(2)3)10-7-5-4-6-8-10/h4-9,11,13H,1-3H3. The second kappa shape index (κ2) is 5.69. The van der Waals surface area contributed by atoms with Crippen LogP contribution < -0.4 is 0 Å². The maximum absolute atomic E-state index is 4.42. The van der Waals surface area contributed by atoms with Crippen molar-refractivity contribution in [2.75, 3.05) is 14.1 Å². The highest BCUT2D eigenvalue weighted by atomic mass is 32.2. The molecule has 0 spiro atoms. The van der Waals surface area contributed by atoms with Crippen LogP contribution in [0.25, 0.3) is 0 Å². The van der Waals surface area contributed by atoms with Gasteiger partial charge in [0.05, 0.1) is 5.37 Å². The lowest BCUT2D eigenvalue weighted by Gasteiger charge is -2.25. The highest BCUT2D eigenvalue weighted by Gasteiger charge is 2.15. The molecule has 1 nitrogen and oxygen atoms in total. The molecule has 0 radical (unpaired) electrons. The van der Waals surface area contributed by atoms with Gasteiger partial charge in [0.15, 0.2) is 0 Å². The molecule has 0 saturated heterocycles. The first-order chi connectivity index (χ1) is 6.61. The molecule has 2 unspecified atom stereocenters.